The molecule has 0 fully saturated rings. The van der Waals surface area contributed by atoms with Gasteiger partial charge in [-0.25, -0.2) is 4.39 Å². The van der Waals surface area contributed by atoms with E-state index in [1.807, 2.05) is 31.2 Å². The van der Waals surface area contributed by atoms with Crippen molar-refractivity contribution in [2.75, 3.05) is 34.2 Å². The number of aromatic nitrogens is 1. The molecule has 0 unspecified atom stereocenters. The predicted molar refractivity (Wildman–Crippen MR) is 116 cm³/mol. The van der Waals surface area contributed by atoms with Gasteiger partial charge in [-0.1, -0.05) is 0 Å². The van der Waals surface area contributed by atoms with Gasteiger partial charge in [0.15, 0.2) is 0 Å². The quantitative estimate of drug-likeness (QED) is 0.368. The molecule has 1 aromatic heterocycles. The van der Waals surface area contributed by atoms with Crippen LogP contribution in [0.1, 0.15) is 16.1 Å². The second kappa shape index (κ2) is 10.7. The van der Waals surface area contributed by atoms with E-state index in [2.05, 4.69) is 31.4 Å². The average Bonchev–Trinajstić information content (AvgIpc) is 2.69. The normalized spacial score (nSPS) is 10.9. The summed E-state index contributed by atoms with van der Waals surface area (Å²) in [6.45, 7) is 3.32. The molecule has 0 saturated carbocycles. The Kier molecular flexibility index (Phi) is 8.52. The minimum Gasteiger partial charge on any atom is -1.00 e. The van der Waals surface area contributed by atoms with Crippen molar-refractivity contribution in [2.45, 2.75) is 6.92 Å². The summed E-state index contributed by atoms with van der Waals surface area (Å²) in [5.74, 6) is 0.786. The second-order valence-corrected chi connectivity index (χ2v) is 8.23. The molecule has 0 spiro atoms. The minimum atomic E-state index is -0.305. The van der Waals surface area contributed by atoms with Crippen LogP contribution in [0.25, 0.3) is 11.3 Å². The van der Waals surface area contributed by atoms with Gasteiger partial charge in [0.05, 0.1) is 39.9 Å². The van der Waals surface area contributed by atoms with Gasteiger partial charge in [0.1, 0.15) is 17.3 Å². The highest BCUT2D eigenvalue weighted by Gasteiger charge is 2.12. The van der Waals surface area contributed by atoms with Crippen molar-refractivity contribution in [3.05, 3.63) is 77.7 Å². The van der Waals surface area contributed by atoms with Crippen LogP contribution in [0.3, 0.4) is 0 Å². The van der Waals surface area contributed by atoms with Gasteiger partial charge >= 0.3 is 0 Å². The molecule has 0 radical (unpaired) electrons. The summed E-state index contributed by atoms with van der Waals surface area (Å²) in [7, 11) is 6.26. The molecule has 2 aromatic carbocycles. The molecule has 164 valence electrons. The molecule has 0 aliphatic carbocycles. The number of ether oxygens (including phenoxy) is 1. The summed E-state index contributed by atoms with van der Waals surface area (Å²) in [6.07, 6.45) is 0. The van der Waals surface area contributed by atoms with Crippen molar-refractivity contribution in [1.29, 1.82) is 0 Å². The Morgan fingerprint density at radius 2 is 1.58 bits per heavy atom. The number of quaternary nitrogens is 1. The molecule has 0 aliphatic rings. The Labute approximate surface area is 199 Å². The number of aryl methyl sites for hydroxylation is 1. The molecule has 0 saturated heterocycles. The van der Waals surface area contributed by atoms with E-state index >= 15 is 0 Å². The van der Waals surface area contributed by atoms with E-state index < -0.39 is 0 Å². The number of hydrogen-bond acceptors (Lipinski definition) is 3. The molecule has 1 amide bonds. The Bertz CT molecular complexity index is 1020. The molecule has 0 atom stereocenters. The molecule has 0 bridgehead atoms. The first-order chi connectivity index (χ1) is 14.2. The summed E-state index contributed by atoms with van der Waals surface area (Å²) in [4.78, 5) is 17.1. The predicted octanol–water partition coefficient (Wildman–Crippen LogP) is 1.43. The highest BCUT2D eigenvalue weighted by atomic mass is 127. The lowest BCUT2D eigenvalue weighted by atomic mass is 10.1. The van der Waals surface area contributed by atoms with Gasteiger partial charge in [0.25, 0.3) is 5.91 Å². The second-order valence-electron chi connectivity index (χ2n) is 8.23. The number of rotatable bonds is 7. The monoisotopic (exact) mass is 535 g/mol. The van der Waals surface area contributed by atoms with Crippen LogP contribution in [0.5, 0.6) is 11.5 Å². The van der Waals surface area contributed by atoms with Gasteiger partial charge in [0.2, 0.25) is 0 Å². The zero-order valence-electron chi connectivity index (χ0n) is 18.2. The fraction of sp³-hybridized carbons (Fsp3) is 0.250. The lowest BCUT2D eigenvalue weighted by molar-refractivity contribution is -0.869. The van der Waals surface area contributed by atoms with Gasteiger partial charge < -0.3 is 38.5 Å². The van der Waals surface area contributed by atoms with Gasteiger partial charge in [-0.15, -0.1) is 0 Å². The van der Waals surface area contributed by atoms with Crippen molar-refractivity contribution in [3.63, 3.8) is 0 Å². The summed E-state index contributed by atoms with van der Waals surface area (Å²) in [6, 6.07) is 16.9. The molecule has 31 heavy (non-hydrogen) atoms. The number of carbonyl (C=O) groups excluding carboxylic acids is 1. The number of nitrogens with one attached hydrogen (secondary N) is 1. The minimum absolute atomic E-state index is 0. The molecule has 1 heterocycles. The van der Waals surface area contributed by atoms with E-state index in [0.717, 1.165) is 28.0 Å². The lowest BCUT2D eigenvalue weighted by Crippen LogP contribution is -3.00. The van der Waals surface area contributed by atoms with Gasteiger partial charge in [-0.2, -0.15) is 0 Å². The lowest BCUT2D eigenvalue weighted by Gasteiger charge is -2.23. The van der Waals surface area contributed by atoms with Crippen LogP contribution in [-0.4, -0.2) is 49.6 Å². The number of benzene rings is 2. The van der Waals surface area contributed by atoms with Crippen LogP contribution in [0.2, 0.25) is 0 Å². The van der Waals surface area contributed by atoms with E-state index in [1.54, 1.807) is 24.3 Å². The van der Waals surface area contributed by atoms with Crippen LogP contribution in [0, 0.1) is 12.7 Å². The molecule has 3 rings (SSSR count). The summed E-state index contributed by atoms with van der Waals surface area (Å²) in [5, 5.41) is 2.97. The molecule has 0 aliphatic heterocycles. The fourth-order valence-electron chi connectivity index (χ4n) is 2.89. The van der Waals surface area contributed by atoms with E-state index in [4.69, 9.17) is 4.74 Å². The fourth-order valence-corrected chi connectivity index (χ4v) is 2.89. The summed E-state index contributed by atoms with van der Waals surface area (Å²) < 4.78 is 19.5. The Morgan fingerprint density at radius 3 is 2.16 bits per heavy atom. The van der Waals surface area contributed by atoms with E-state index in [1.165, 1.54) is 12.1 Å². The van der Waals surface area contributed by atoms with Crippen molar-refractivity contribution in [1.82, 2.24) is 10.3 Å². The first-order valence-electron chi connectivity index (χ1n) is 9.81. The molecule has 7 heteroatoms. The Morgan fingerprint density at radius 1 is 1.00 bits per heavy atom. The van der Waals surface area contributed by atoms with Crippen molar-refractivity contribution < 1.29 is 42.4 Å². The SMILES string of the molecule is Cc1cc(C(=O)NCC[N+](C)(C)C)cc(-c2ccc(Oc3ccc(F)cc3)cc2)n1.[I-]. The summed E-state index contributed by atoms with van der Waals surface area (Å²) >= 11 is 0. The van der Waals surface area contributed by atoms with Crippen molar-refractivity contribution >= 4 is 5.91 Å². The molecule has 3 aromatic rings. The van der Waals surface area contributed by atoms with Crippen LogP contribution in [0.15, 0.2) is 60.7 Å². The van der Waals surface area contributed by atoms with Crippen LogP contribution in [0.4, 0.5) is 4.39 Å². The maximum absolute atomic E-state index is 13.0. The van der Waals surface area contributed by atoms with Crippen LogP contribution >= 0.6 is 0 Å². The van der Waals surface area contributed by atoms with E-state index in [9.17, 15) is 9.18 Å². The number of carbonyl (C=O) groups is 1. The highest BCUT2D eigenvalue weighted by molar-refractivity contribution is 5.95. The van der Waals surface area contributed by atoms with Gasteiger partial charge in [-0.05, 0) is 67.6 Å². The third-order valence-electron chi connectivity index (χ3n) is 4.48. The third-order valence-corrected chi connectivity index (χ3v) is 4.48. The number of amides is 1. The first-order valence-corrected chi connectivity index (χ1v) is 9.81. The number of likely N-dealkylation sites (N-methyl/N-ethyl adjacent to an activating group) is 1. The Balaban J connectivity index is 0.00000341. The van der Waals surface area contributed by atoms with Crippen molar-refractivity contribution in [2.24, 2.45) is 0 Å². The van der Waals surface area contributed by atoms with E-state index in [0.29, 0.717) is 23.6 Å². The van der Waals surface area contributed by atoms with Crippen LogP contribution in [-0.2, 0) is 0 Å². The average molecular weight is 535 g/mol. The van der Waals surface area contributed by atoms with Gasteiger partial charge in [-0.3, -0.25) is 9.78 Å². The van der Waals surface area contributed by atoms with Crippen molar-refractivity contribution in [3.8, 4) is 22.8 Å². The molecular weight excluding hydrogens is 508 g/mol. The largest absolute Gasteiger partial charge is 1.00 e. The number of pyridine rings is 1. The zero-order chi connectivity index (χ0) is 21.7. The molecule has 5 nitrogen and oxygen atoms in total. The molecule has 1 N–H and O–H groups in total. The number of halogens is 2. The Hall–Kier alpha value is -2.52. The topological polar surface area (TPSA) is 51.2 Å². The molecular formula is C24H27FIN3O2. The first kappa shape index (κ1) is 24.7. The maximum Gasteiger partial charge on any atom is 0.251 e. The van der Waals surface area contributed by atoms with Gasteiger partial charge in [0, 0.05) is 16.8 Å². The van der Waals surface area contributed by atoms with E-state index in [-0.39, 0.29) is 35.7 Å². The number of hydrogen-bond donors (Lipinski definition) is 1. The standard InChI is InChI=1S/C24H26FN3O2.HI/c1-17-15-19(24(29)26-13-14-28(2,3)4)16-23(27-17)18-5-9-21(10-6-18)30-22-11-7-20(25)8-12-22;/h5-12,15-16H,13-14H2,1-4H3;1H. The maximum atomic E-state index is 13.0. The zero-order valence-corrected chi connectivity index (χ0v) is 20.3. The highest BCUT2D eigenvalue weighted by Crippen LogP contribution is 2.26. The smallest absolute Gasteiger partial charge is 0.251 e. The summed E-state index contributed by atoms with van der Waals surface area (Å²) in [5.41, 5.74) is 2.96. The van der Waals surface area contributed by atoms with Crippen LogP contribution < -0.4 is 34.0 Å². The third kappa shape index (κ3) is 7.59. The number of nitrogens with zero attached hydrogens (tertiary/aromatic N) is 2.